The van der Waals surface area contributed by atoms with E-state index in [1.807, 2.05) is 20.0 Å². The fourth-order valence-corrected chi connectivity index (χ4v) is 2.19. The maximum absolute atomic E-state index is 9.77. The Morgan fingerprint density at radius 2 is 2.06 bits per heavy atom. The van der Waals surface area contributed by atoms with E-state index >= 15 is 0 Å². The van der Waals surface area contributed by atoms with E-state index < -0.39 is 5.60 Å². The average molecular weight is 246 g/mol. The molecule has 4 N–H and O–H groups in total. The summed E-state index contributed by atoms with van der Waals surface area (Å²) in [6.07, 6.45) is 4.61. The van der Waals surface area contributed by atoms with Gasteiger partial charge in [0.05, 0.1) is 5.60 Å². The molecular weight excluding hydrogens is 224 g/mol. The molecule has 0 unspecified atom stereocenters. The van der Waals surface area contributed by atoms with E-state index in [-0.39, 0.29) is 0 Å². The topological polar surface area (TPSA) is 62.0 Å². The average Bonchev–Trinajstić information content (AvgIpc) is 2.69. The molecule has 0 amide bonds. The summed E-state index contributed by atoms with van der Waals surface area (Å²) >= 11 is 0. The number of aliphatic hydroxyl groups is 1. The number of hydrogen-bond acceptors (Lipinski definition) is 2. The quantitative estimate of drug-likeness (QED) is 0.758. The van der Waals surface area contributed by atoms with Crippen molar-refractivity contribution in [1.82, 2.24) is 4.98 Å². The summed E-state index contributed by atoms with van der Waals surface area (Å²) in [4.78, 5) is 3.27. The highest BCUT2D eigenvalue weighted by Crippen LogP contribution is 2.22. The van der Waals surface area contributed by atoms with Crippen LogP contribution in [0.25, 0.3) is 10.9 Å². The first-order chi connectivity index (χ1) is 8.49. The van der Waals surface area contributed by atoms with Crippen LogP contribution in [0.5, 0.6) is 0 Å². The van der Waals surface area contributed by atoms with Gasteiger partial charge in [0, 0.05) is 17.1 Å². The first-order valence-electron chi connectivity index (χ1n) is 6.51. The smallest absolute Gasteiger partial charge is 0.0594 e. The van der Waals surface area contributed by atoms with Crippen LogP contribution in [0.1, 0.15) is 31.4 Å². The van der Waals surface area contributed by atoms with E-state index in [0.29, 0.717) is 6.54 Å². The third-order valence-corrected chi connectivity index (χ3v) is 3.27. The van der Waals surface area contributed by atoms with Crippen molar-refractivity contribution in [2.75, 3.05) is 6.54 Å². The van der Waals surface area contributed by atoms with Crippen LogP contribution in [0.15, 0.2) is 24.4 Å². The number of benzene rings is 1. The molecule has 0 aliphatic carbocycles. The first-order valence-corrected chi connectivity index (χ1v) is 6.51. The lowest BCUT2D eigenvalue weighted by Gasteiger charge is -2.16. The zero-order valence-electron chi connectivity index (χ0n) is 11.2. The summed E-state index contributed by atoms with van der Waals surface area (Å²) in [7, 11) is 0. The highest BCUT2D eigenvalue weighted by molar-refractivity contribution is 5.83. The summed E-state index contributed by atoms with van der Waals surface area (Å²) in [5.41, 5.74) is 8.71. The van der Waals surface area contributed by atoms with E-state index in [9.17, 15) is 5.11 Å². The summed E-state index contributed by atoms with van der Waals surface area (Å²) in [6, 6.07) is 6.44. The summed E-state index contributed by atoms with van der Waals surface area (Å²) in [5.74, 6) is 0. The van der Waals surface area contributed by atoms with Crippen LogP contribution < -0.4 is 5.73 Å². The van der Waals surface area contributed by atoms with E-state index in [0.717, 1.165) is 24.8 Å². The first kappa shape index (κ1) is 13.1. The summed E-state index contributed by atoms with van der Waals surface area (Å²) in [5, 5.41) is 11.0. The Labute approximate surface area is 108 Å². The van der Waals surface area contributed by atoms with Crippen molar-refractivity contribution in [2.45, 2.75) is 38.7 Å². The third kappa shape index (κ3) is 3.12. The third-order valence-electron chi connectivity index (χ3n) is 3.27. The molecule has 0 saturated heterocycles. The number of H-pyrrole nitrogens is 1. The van der Waals surface area contributed by atoms with Crippen LogP contribution in [-0.2, 0) is 12.8 Å². The Morgan fingerprint density at radius 3 is 2.72 bits per heavy atom. The van der Waals surface area contributed by atoms with Gasteiger partial charge in [-0.2, -0.15) is 0 Å². The molecule has 0 bridgehead atoms. The maximum atomic E-state index is 9.77. The number of aromatic amines is 1. The minimum absolute atomic E-state index is 0.604. The molecule has 98 valence electrons. The number of fused-ring (bicyclic) bond motifs is 1. The SMILES string of the molecule is CC(C)(O)CCc1ccc2[nH]cc(CCN)c2c1. The fraction of sp³-hybridized carbons (Fsp3) is 0.467. The molecule has 3 heteroatoms. The van der Waals surface area contributed by atoms with Crippen molar-refractivity contribution in [3.05, 3.63) is 35.5 Å². The minimum atomic E-state index is -0.604. The van der Waals surface area contributed by atoms with Crippen molar-refractivity contribution >= 4 is 10.9 Å². The maximum Gasteiger partial charge on any atom is 0.0594 e. The van der Waals surface area contributed by atoms with E-state index in [2.05, 4.69) is 23.2 Å². The van der Waals surface area contributed by atoms with Crippen LogP contribution >= 0.6 is 0 Å². The van der Waals surface area contributed by atoms with Crippen molar-refractivity contribution in [3.8, 4) is 0 Å². The van der Waals surface area contributed by atoms with Crippen LogP contribution in [0.2, 0.25) is 0 Å². The number of nitrogens with one attached hydrogen (secondary N) is 1. The van der Waals surface area contributed by atoms with Gasteiger partial charge >= 0.3 is 0 Å². The lowest BCUT2D eigenvalue weighted by atomic mass is 9.97. The normalized spacial score (nSPS) is 12.2. The van der Waals surface area contributed by atoms with Crippen LogP contribution in [0.3, 0.4) is 0 Å². The van der Waals surface area contributed by atoms with E-state index in [4.69, 9.17) is 5.73 Å². The fourth-order valence-electron chi connectivity index (χ4n) is 2.19. The molecule has 3 nitrogen and oxygen atoms in total. The molecule has 1 aromatic carbocycles. The van der Waals surface area contributed by atoms with Crippen molar-refractivity contribution in [3.63, 3.8) is 0 Å². The zero-order chi connectivity index (χ0) is 13.2. The summed E-state index contributed by atoms with van der Waals surface area (Å²) < 4.78 is 0. The number of hydrogen-bond donors (Lipinski definition) is 3. The van der Waals surface area contributed by atoms with Crippen molar-refractivity contribution < 1.29 is 5.11 Å². The molecule has 1 aromatic heterocycles. The molecule has 0 aliphatic heterocycles. The molecule has 0 spiro atoms. The molecule has 0 fully saturated rings. The predicted molar refractivity (Wildman–Crippen MR) is 75.7 cm³/mol. The lowest BCUT2D eigenvalue weighted by Crippen LogP contribution is -2.19. The molecule has 1 heterocycles. The van der Waals surface area contributed by atoms with E-state index in [1.165, 1.54) is 16.5 Å². The van der Waals surface area contributed by atoms with E-state index in [1.54, 1.807) is 0 Å². The Kier molecular flexibility index (Phi) is 3.73. The van der Waals surface area contributed by atoms with Gasteiger partial charge in [-0.1, -0.05) is 6.07 Å². The van der Waals surface area contributed by atoms with Gasteiger partial charge in [0.25, 0.3) is 0 Å². The second-order valence-electron chi connectivity index (χ2n) is 5.54. The monoisotopic (exact) mass is 246 g/mol. The second-order valence-corrected chi connectivity index (χ2v) is 5.54. The van der Waals surface area contributed by atoms with Gasteiger partial charge < -0.3 is 15.8 Å². The van der Waals surface area contributed by atoms with Gasteiger partial charge in [0.15, 0.2) is 0 Å². The molecule has 0 radical (unpaired) electrons. The van der Waals surface area contributed by atoms with Gasteiger partial charge in [-0.05, 0) is 62.9 Å². The predicted octanol–water partition coefficient (Wildman–Crippen LogP) is 2.37. The highest BCUT2D eigenvalue weighted by Gasteiger charge is 2.12. The van der Waals surface area contributed by atoms with Gasteiger partial charge in [-0.3, -0.25) is 0 Å². The largest absolute Gasteiger partial charge is 0.390 e. The highest BCUT2D eigenvalue weighted by atomic mass is 16.3. The minimum Gasteiger partial charge on any atom is -0.390 e. The number of rotatable bonds is 5. The van der Waals surface area contributed by atoms with Gasteiger partial charge in [-0.15, -0.1) is 0 Å². The summed E-state index contributed by atoms with van der Waals surface area (Å²) in [6.45, 7) is 4.37. The molecule has 0 atom stereocenters. The molecular formula is C15H22N2O. The molecule has 0 aliphatic rings. The van der Waals surface area contributed by atoms with Gasteiger partial charge in [-0.25, -0.2) is 0 Å². The van der Waals surface area contributed by atoms with Crippen molar-refractivity contribution in [2.24, 2.45) is 5.73 Å². The van der Waals surface area contributed by atoms with Gasteiger partial charge in [0.2, 0.25) is 0 Å². The van der Waals surface area contributed by atoms with Crippen molar-refractivity contribution in [1.29, 1.82) is 0 Å². The number of nitrogens with two attached hydrogens (primary N) is 1. The molecule has 18 heavy (non-hydrogen) atoms. The van der Waals surface area contributed by atoms with Crippen LogP contribution in [0, 0.1) is 0 Å². The van der Waals surface area contributed by atoms with Crippen LogP contribution in [-0.4, -0.2) is 22.2 Å². The Balaban J connectivity index is 2.22. The van der Waals surface area contributed by atoms with Gasteiger partial charge in [0.1, 0.15) is 0 Å². The second kappa shape index (κ2) is 5.12. The molecule has 2 rings (SSSR count). The van der Waals surface area contributed by atoms with Crippen LogP contribution in [0.4, 0.5) is 0 Å². The Bertz CT molecular complexity index is 523. The standard InChI is InChI=1S/C15H22N2O/c1-15(2,18)7-5-11-3-4-14-13(9-11)12(6-8-16)10-17-14/h3-4,9-10,17-18H,5-8,16H2,1-2H3. The number of aromatic nitrogens is 1. The molecule has 2 aromatic rings. The lowest BCUT2D eigenvalue weighted by molar-refractivity contribution is 0.0714. The Hall–Kier alpha value is -1.32. The molecule has 0 saturated carbocycles. The number of aryl methyl sites for hydroxylation is 1. The Morgan fingerprint density at radius 1 is 1.28 bits per heavy atom. The zero-order valence-corrected chi connectivity index (χ0v) is 11.2.